The molecule has 0 aromatic carbocycles. The third-order valence-corrected chi connectivity index (χ3v) is 20.9. The van der Waals surface area contributed by atoms with E-state index in [-0.39, 0.29) is 18.5 Å². The first-order chi connectivity index (χ1) is 45.5. The van der Waals surface area contributed by atoms with E-state index in [1.807, 2.05) is 0 Å². The molecule has 0 rings (SSSR count). The number of carbonyl (C=O) groups is 2. The number of nitrogens with one attached hydrogen (secondary N) is 1. The van der Waals surface area contributed by atoms with E-state index in [1.54, 1.807) is 0 Å². The van der Waals surface area contributed by atoms with Gasteiger partial charge in [-0.15, -0.1) is 0 Å². The van der Waals surface area contributed by atoms with E-state index in [4.69, 9.17) is 4.74 Å². The van der Waals surface area contributed by atoms with Crippen molar-refractivity contribution in [1.82, 2.24) is 5.32 Å². The van der Waals surface area contributed by atoms with Gasteiger partial charge in [-0.1, -0.05) is 476 Å². The molecule has 0 fully saturated rings. The van der Waals surface area contributed by atoms with Crippen LogP contribution in [-0.4, -0.2) is 47.4 Å². The highest BCUT2D eigenvalue weighted by atomic mass is 16.5. The van der Waals surface area contributed by atoms with Crippen molar-refractivity contribution in [3.05, 3.63) is 0 Å². The Labute approximate surface area is 578 Å². The summed E-state index contributed by atoms with van der Waals surface area (Å²) in [4.78, 5) is 24.7. The standard InChI is InChI=1S/C86H171NO5/c1-3-5-7-9-11-13-15-17-19-21-23-24-25-37-40-43-46-50-54-58-62-66-70-74-78-84(89)83(82-88)87-85(90)79-75-71-67-63-59-55-51-47-44-41-38-35-33-31-29-27-26-28-30-32-34-36-39-42-45-49-53-57-61-65-69-73-77-81-92-86(91)80-76-72-68-64-60-56-52-48-22-20-18-16-14-12-10-8-6-4-2/h83-84,88-89H,3-82H2,1-2H3,(H,87,90). The summed E-state index contributed by atoms with van der Waals surface area (Å²) in [6.45, 7) is 5.03. The van der Waals surface area contributed by atoms with Gasteiger partial charge in [0.1, 0.15) is 0 Å². The summed E-state index contributed by atoms with van der Waals surface area (Å²) in [5, 5.41) is 23.5. The summed E-state index contributed by atoms with van der Waals surface area (Å²) in [6, 6.07) is -0.538. The van der Waals surface area contributed by atoms with Crippen molar-refractivity contribution in [3.8, 4) is 0 Å². The number of carbonyl (C=O) groups excluding carboxylic acids is 2. The lowest BCUT2D eigenvalue weighted by Gasteiger charge is -2.22. The lowest BCUT2D eigenvalue weighted by atomic mass is 10.0. The van der Waals surface area contributed by atoms with Crippen LogP contribution in [-0.2, 0) is 14.3 Å². The van der Waals surface area contributed by atoms with Gasteiger partial charge in [0.05, 0.1) is 25.4 Å². The molecule has 3 N–H and O–H groups in total. The van der Waals surface area contributed by atoms with E-state index in [9.17, 15) is 19.8 Å². The number of ether oxygens (including phenoxy) is 1. The number of amides is 1. The van der Waals surface area contributed by atoms with Crippen LogP contribution in [0.1, 0.15) is 515 Å². The first kappa shape index (κ1) is 90.9. The molecule has 0 aliphatic rings. The fourth-order valence-corrected chi connectivity index (χ4v) is 14.4. The quantitative estimate of drug-likeness (QED) is 0.0417. The summed E-state index contributed by atoms with van der Waals surface area (Å²) in [5.41, 5.74) is 0. The lowest BCUT2D eigenvalue weighted by molar-refractivity contribution is -0.143. The van der Waals surface area contributed by atoms with Crippen molar-refractivity contribution >= 4 is 11.9 Å². The van der Waals surface area contributed by atoms with E-state index in [0.29, 0.717) is 25.9 Å². The van der Waals surface area contributed by atoms with Crippen LogP contribution in [0.4, 0.5) is 0 Å². The number of rotatable bonds is 83. The van der Waals surface area contributed by atoms with Gasteiger partial charge in [-0.3, -0.25) is 9.59 Å². The zero-order valence-corrected chi connectivity index (χ0v) is 63.3. The van der Waals surface area contributed by atoms with Crippen LogP contribution in [0, 0.1) is 0 Å². The highest BCUT2D eigenvalue weighted by Crippen LogP contribution is 2.21. The second-order valence-corrected chi connectivity index (χ2v) is 30.2. The summed E-state index contributed by atoms with van der Waals surface area (Å²) >= 11 is 0. The molecular formula is C86H171NO5. The number of aliphatic hydroxyl groups excluding tert-OH is 2. The van der Waals surface area contributed by atoms with Crippen molar-refractivity contribution < 1.29 is 24.5 Å². The zero-order valence-electron chi connectivity index (χ0n) is 63.3. The van der Waals surface area contributed by atoms with E-state index in [2.05, 4.69) is 19.2 Å². The molecule has 0 heterocycles. The Bertz CT molecular complexity index is 1360. The predicted molar refractivity (Wildman–Crippen MR) is 407 cm³/mol. The Balaban J connectivity index is 3.30. The maximum absolute atomic E-state index is 12.6. The van der Waals surface area contributed by atoms with Gasteiger partial charge >= 0.3 is 5.97 Å². The number of hydrogen-bond donors (Lipinski definition) is 3. The minimum atomic E-state index is -0.662. The second-order valence-electron chi connectivity index (χ2n) is 30.2. The predicted octanol–water partition coefficient (Wildman–Crippen LogP) is 28.8. The molecule has 6 heteroatoms. The third-order valence-electron chi connectivity index (χ3n) is 20.9. The van der Waals surface area contributed by atoms with Gasteiger partial charge in [0, 0.05) is 12.8 Å². The number of esters is 1. The second kappa shape index (κ2) is 82.3. The fraction of sp³-hybridized carbons (Fsp3) is 0.977. The van der Waals surface area contributed by atoms with Crippen LogP contribution in [0.25, 0.3) is 0 Å². The molecule has 0 spiro atoms. The molecule has 0 aromatic rings. The molecule has 2 unspecified atom stereocenters. The molecule has 6 nitrogen and oxygen atoms in total. The van der Waals surface area contributed by atoms with Gasteiger partial charge in [-0.05, 0) is 25.7 Å². The van der Waals surface area contributed by atoms with Crippen molar-refractivity contribution in [3.63, 3.8) is 0 Å². The molecule has 0 radical (unpaired) electrons. The number of hydrogen-bond acceptors (Lipinski definition) is 5. The summed E-state index contributed by atoms with van der Waals surface area (Å²) in [7, 11) is 0. The largest absolute Gasteiger partial charge is 0.466 e. The molecule has 0 aliphatic carbocycles. The molecule has 550 valence electrons. The molecule has 0 bridgehead atoms. The molecule has 2 atom stereocenters. The third kappa shape index (κ3) is 77.9. The highest BCUT2D eigenvalue weighted by Gasteiger charge is 2.20. The fourth-order valence-electron chi connectivity index (χ4n) is 14.4. The van der Waals surface area contributed by atoms with Crippen LogP contribution in [0.3, 0.4) is 0 Å². The van der Waals surface area contributed by atoms with Gasteiger partial charge in [-0.25, -0.2) is 0 Å². The van der Waals surface area contributed by atoms with Crippen LogP contribution in [0.15, 0.2) is 0 Å². The minimum Gasteiger partial charge on any atom is -0.466 e. The Morgan fingerprint density at radius 2 is 0.446 bits per heavy atom. The first-order valence-electron chi connectivity index (χ1n) is 43.3. The van der Waals surface area contributed by atoms with Crippen LogP contribution >= 0.6 is 0 Å². The van der Waals surface area contributed by atoms with Crippen LogP contribution < -0.4 is 5.32 Å². The van der Waals surface area contributed by atoms with Crippen molar-refractivity contribution in [2.45, 2.75) is 527 Å². The van der Waals surface area contributed by atoms with E-state index < -0.39 is 12.1 Å². The minimum absolute atomic E-state index is 0.0231. The molecular weight excluding hydrogens is 1130 g/mol. The molecule has 0 saturated heterocycles. The summed E-state index contributed by atoms with van der Waals surface area (Å²) in [5.74, 6) is 0.00485. The van der Waals surface area contributed by atoms with Crippen molar-refractivity contribution in [1.29, 1.82) is 0 Å². The Hall–Kier alpha value is -1.14. The lowest BCUT2D eigenvalue weighted by Crippen LogP contribution is -2.45. The highest BCUT2D eigenvalue weighted by molar-refractivity contribution is 5.76. The maximum Gasteiger partial charge on any atom is 0.305 e. The summed E-state index contributed by atoms with van der Waals surface area (Å²) < 4.78 is 5.52. The van der Waals surface area contributed by atoms with E-state index in [0.717, 1.165) is 38.5 Å². The molecule has 0 aliphatic heterocycles. The number of unbranched alkanes of at least 4 members (excludes halogenated alkanes) is 72. The van der Waals surface area contributed by atoms with Gasteiger partial charge in [-0.2, -0.15) is 0 Å². The number of aliphatic hydroxyl groups is 2. The summed E-state index contributed by atoms with van der Waals surface area (Å²) in [6.07, 6.45) is 104. The molecule has 1 amide bonds. The Morgan fingerprint density at radius 3 is 0.663 bits per heavy atom. The van der Waals surface area contributed by atoms with Crippen LogP contribution in [0.2, 0.25) is 0 Å². The Kier molecular flexibility index (Phi) is 81.3. The topological polar surface area (TPSA) is 95.9 Å². The average molecular weight is 1300 g/mol. The van der Waals surface area contributed by atoms with Gasteiger partial charge in [0.25, 0.3) is 0 Å². The van der Waals surface area contributed by atoms with E-state index in [1.165, 1.54) is 443 Å². The average Bonchev–Trinajstić information content (AvgIpc) is 3.77. The normalized spacial score (nSPS) is 12.3. The van der Waals surface area contributed by atoms with Crippen molar-refractivity contribution in [2.75, 3.05) is 13.2 Å². The Morgan fingerprint density at radius 1 is 0.261 bits per heavy atom. The van der Waals surface area contributed by atoms with Gasteiger partial charge in [0.2, 0.25) is 5.91 Å². The monoisotopic (exact) mass is 1300 g/mol. The molecule has 92 heavy (non-hydrogen) atoms. The molecule has 0 saturated carbocycles. The van der Waals surface area contributed by atoms with Crippen molar-refractivity contribution in [2.24, 2.45) is 0 Å². The SMILES string of the molecule is CCCCCCCCCCCCCCCCCCCCCCCCCCC(O)C(CO)NC(=O)CCCCCCCCCCCCCCCCCCCCCCCCCCCCCCCCCCCOC(=O)CCCCCCCCCCCCCCCCCCCC. The first-order valence-corrected chi connectivity index (χ1v) is 43.3. The smallest absolute Gasteiger partial charge is 0.305 e. The van der Waals surface area contributed by atoms with E-state index >= 15 is 0 Å². The van der Waals surface area contributed by atoms with Crippen LogP contribution in [0.5, 0.6) is 0 Å². The van der Waals surface area contributed by atoms with Gasteiger partial charge in [0.15, 0.2) is 0 Å². The maximum atomic E-state index is 12.6. The molecule has 0 aromatic heterocycles. The van der Waals surface area contributed by atoms with Gasteiger partial charge < -0.3 is 20.3 Å². The zero-order chi connectivity index (χ0) is 66.3.